The molecule has 0 fully saturated rings. The molecule has 0 spiro atoms. The third kappa shape index (κ3) is 3.13. The van der Waals surface area contributed by atoms with Gasteiger partial charge in [-0.15, -0.1) is 5.10 Å². The number of benzene rings is 2. The number of nitrogens with two attached hydrogens (primary N) is 1. The Labute approximate surface area is 155 Å². The number of thiocarbonyl (C=S) groups is 1. The van der Waals surface area contributed by atoms with Gasteiger partial charge in [-0.2, -0.15) is 0 Å². The summed E-state index contributed by atoms with van der Waals surface area (Å²) in [6.45, 7) is 0. The van der Waals surface area contributed by atoms with Crippen LogP contribution in [0.2, 0.25) is 0 Å². The fourth-order valence-electron chi connectivity index (χ4n) is 2.54. The number of fused-ring (bicyclic) bond motifs is 2. The number of aromatic nitrogens is 2. The Bertz CT molecular complexity index is 1150. The van der Waals surface area contributed by atoms with Crippen molar-refractivity contribution < 1.29 is 4.42 Å². The Morgan fingerprint density at radius 1 is 1.24 bits per heavy atom. The number of aromatic amines is 1. The second kappa shape index (κ2) is 6.30. The molecule has 0 radical (unpaired) electrons. The molecule has 6 nitrogen and oxygen atoms in total. The summed E-state index contributed by atoms with van der Waals surface area (Å²) in [5, 5.41) is 5.14. The number of para-hydroxylation sites is 2. The summed E-state index contributed by atoms with van der Waals surface area (Å²) in [5.41, 5.74) is 11.6. The minimum absolute atomic E-state index is 0.0571. The van der Waals surface area contributed by atoms with E-state index in [1.807, 2.05) is 48.5 Å². The Balaban J connectivity index is 2.00. The van der Waals surface area contributed by atoms with Crippen LogP contribution < -0.4 is 16.7 Å². The van der Waals surface area contributed by atoms with Crippen molar-refractivity contribution in [2.75, 3.05) is 0 Å². The first-order chi connectivity index (χ1) is 12.1. The lowest BCUT2D eigenvalue weighted by Gasteiger charge is -2.03. The zero-order chi connectivity index (χ0) is 17.4. The first-order valence-corrected chi connectivity index (χ1v) is 8.58. The molecule has 124 valence electrons. The van der Waals surface area contributed by atoms with Crippen LogP contribution in [0.15, 0.2) is 62.5 Å². The van der Waals surface area contributed by atoms with E-state index in [1.54, 1.807) is 0 Å². The van der Waals surface area contributed by atoms with Crippen molar-refractivity contribution in [2.45, 2.75) is 0 Å². The Morgan fingerprint density at radius 2 is 2.08 bits per heavy atom. The number of H-pyrrole nitrogens is 1. The molecule has 2 aromatic heterocycles. The van der Waals surface area contributed by atoms with Gasteiger partial charge in [0.25, 0.3) is 0 Å². The van der Waals surface area contributed by atoms with Crippen molar-refractivity contribution in [3.8, 4) is 11.4 Å². The SMILES string of the molecule is NC(=S)NN=c1oc2ccc(Br)cc2cc1-c1nc2ccccc2[nH]1. The predicted molar refractivity (Wildman–Crippen MR) is 104 cm³/mol. The summed E-state index contributed by atoms with van der Waals surface area (Å²) >= 11 is 8.30. The Hall–Kier alpha value is -2.71. The topological polar surface area (TPSA) is 92.2 Å². The lowest BCUT2D eigenvalue weighted by molar-refractivity contribution is 0.532. The molecule has 4 rings (SSSR count). The monoisotopic (exact) mass is 413 g/mol. The van der Waals surface area contributed by atoms with Gasteiger partial charge < -0.3 is 15.1 Å². The molecule has 0 aliphatic carbocycles. The van der Waals surface area contributed by atoms with Crippen LogP contribution >= 0.6 is 28.1 Å². The largest absolute Gasteiger partial charge is 0.436 e. The molecule has 2 heterocycles. The molecule has 0 bridgehead atoms. The molecular weight excluding hydrogens is 402 g/mol. The normalized spacial score (nSPS) is 12.0. The molecule has 0 amide bonds. The van der Waals surface area contributed by atoms with Crippen molar-refractivity contribution >= 4 is 55.3 Å². The van der Waals surface area contributed by atoms with Gasteiger partial charge in [0.1, 0.15) is 11.4 Å². The van der Waals surface area contributed by atoms with Crippen molar-refractivity contribution in [3.05, 3.63) is 58.6 Å². The van der Waals surface area contributed by atoms with Crippen LogP contribution in [0, 0.1) is 0 Å². The van der Waals surface area contributed by atoms with E-state index in [0.717, 1.165) is 20.9 Å². The average molecular weight is 414 g/mol. The summed E-state index contributed by atoms with van der Waals surface area (Å²) in [6, 6.07) is 15.5. The molecule has 0 atom stereocenters. The molecule has 0 unspecified atom stereocenters. The summed E-state index contributed by atoms with van der Waals surface area (Å²) in [7, 11) is 0. The molecule has 8 heteroatoms. The highest BCUT2D eigenvalue weighted by atomic mass is 79.9. The van der Waals surface area contributed by atoms with E-state index in [0.29, 0.717) is 22.5 Å². The van der Waals surface area contributed by atoms with Crippen molar-refractivity contribution in [1.82, 2.24) is 15.4 Å². The van der Waals surface area contributed by atoms with Gasteiger partial charge in [0.05, 0.1) is 16.6 Å². The van der Waals surface area contributed by atoms with Crippen molar-refractivity contribution in [3.63, 3.8) is 0 Å². The highest BCUT2D eigenvalue weighted by Gasteiger charge is 2.11. The Morgan fingerprint density at radius 3 is 2.88 bits per heavy atom. The van der Waals surface area contributed by atoms with E-state index in [2.05, 4.69) is 36.4 Å². The number of nitrogens with zero attached hydrogens (tertiary/aromatic N) is 2. The minimum Gasteiger partial charge on any atom is -0.436 e. The minimum atomic E-state index is 0.0571. The molecular formula is C17H12BrN5OS. The number of hydrogen-bond donors (Lipinski definition) is 3. The smallest absolute Gasteiger partial charge is 0.247 e. The number of hydrogen-bond acceptors (Lipinski definition) is 4. The summed E-state index contributed by atoms with van der Waals surface area (Å²) in [5.74, 6) is 0.648. The second-order valence-electron chi connectivity index (χ2n) is 5.34. The fourth-order valence-corrected chi connectivity index (χ4v) is 2.96. The van der Waals surface area contributed by atoms with Crippen molar-refractivity contribution in [2.24, 2.45) is 10.8 Å². The lowest BCUT2D eigenvalue weighted by Crippen LogP contribution is -2.27. The highest BCUT2D eigenvalue weighted by Crippen LogP contribution is 2.24. The van der Waals surface area contributed by atoms with Gasteiger partial charge in [0.15, 0.2) is 5.11 Å². The summed E-state index contributed by atoms with van der Waals surface area (Å²) < 4.78 is 6.88. The molecule has 2 aromatic carbocycles. The number of imidazole rings is 1. The second-order valence-corrected chi connectivity index (χ2v) is 6.69. The maximum Gasteiger partial charge on any atom is 0.247 e. The number of nitrogens with one attached hydrogen (secondary N) is 2. The van der Waals surface area contributed by atoms with Crippen LogP contribution in [-0.4, -0.2) is 15.1 Å². The zero-order valence-corrected chi connectivity index (χ0v) is 15.2. The standard InChI is InChI=1S/C17H12BrN5OS/c18-10-5-6-14-9(7-10)8-11(16(24-14)22-23-17(19)25)15-20-12-3-1-2-4-13(12)21-15/h1-8H,(H,20,21)(H3,19,23,25). The third-order valence-electron chi connectivity index (χ3n) is 3.62. The van der Waals surface area contributed by atoms with E-state index in [-0.39, 0.29) is 5.11 Å². The van der Waals surface area contributed by atoms with Crippen LogP contribution in [0.25, 0.3) is 33.4 Å². The van der Waals surface area contributed by atoms with Crippen LogP contribution in [0.5, 0.6) is 0 Å². The van der Waals surface area contributed by atoms with Gasteiger partial charge in [-0.25, -0.2) is 4.98 Å². The molecule has 0 saturated heterocycles. The predicted octanol–water partition coefficient (Wildman–Crippen LogP) is 3.39. The van der Waals surface area contributed by atoms with Crippen LogP contribution in [0.3, 0.4) is 0 Å². The quantitative estimate of drug-likeness (QED) is 0.346. The first kappa shape index (κ1) is 15.8. The van der Waals surface area contributed by atoms with E-state index < -0.39 is 0 Å². The van der Waals surface area contributed by atoms with Crippen LogP contribution in [-0.2, 0) is 0 Å². The van der Waals surface area contributed by atoms with E-state index in [1.165, 1.54) is 0 Å². The van der Waals surface area contributed by atoms with Gasteiger partial charge in [0.2, 0.25) is 5.55 Å². The average Bonchev–Trinajstić information content (AvgIpc) is 3.03. The first-order valence-electron chi connectivity index (χ1n) is 7.38. The number of rotatable bonds is 2. The molecule has 0 aliphatic heterocycles. The van der Waals surface area contributed by atoms with Gasteiger partial charge >= 0.3 is 0 Å². The van der Waals surface area contributed by atoms with Crippen LogP contribution in [0.4, 0.5) is 0 Å². The molecule has 25 heavy (non-hydrogen) atoms. The third-order valence-corrected chi connectivity index (χ3v) is 4.21. The maximum absolute atomic E-state index is 5.92. The van der Waals surface area contributed by atoms with Crippen molar-refractivity contribution in [1.29, 1.82) is 0 Å². The van der Waals surface area contributed by atoms with Gasteiger partial charge in [-0.1, -0.05) is 28.1 Å². The van der Waals surface area contributed by atoms with Gasteiger partial charge in [-0.3, -0.25) is 5.43 Å². The number of halogens is 1. The highest BCUT2D eigenvalue weighted by molar-refractivity contribution is 9.10. The van der Waals surface area contributed by atoms with E-state index in [4.69, 9.17) is 22.4 Å². The van der Waals surface area contributed by atoms with Crippen LogP contribution in [0.1, 0.15) is 0 Å². The Kier molecular flexibility index (Phi) is 3.98. The molecule has 4 N–H and O–H groups in total. The lowest BCUT2D eigenvalue weighted by atomic mass is 10.2. The fraction of sp³-hybridized carbons (Fsp3) is 0. The zero-order valence-electron chi connectivity index (χ0n) is 12.8. The van der Waals surface area contributed by atoms with Gasteiger partial charge in [0, 0.05) is 9.86 Å². The van der Waals surface area contributed by atoms with E-state index >= 15 is 0 Å². The molecule has 0 saturated carbocycles. The maximum atomic E-state index is 5.92. The summed E-state index contributed by atoms with van der Waals surface area (Å²) in [4.78, 5) is 7.91. The molecule has 4 aromatic rings. The summed E-state index contributed by atoms with van der Waals surface area (Å²) in [6.07, 6.45) is 0. The van der Waals surface area contributed by atoms with E-state index in [9.17, 15) is 0 Å². The molecule has 0 aliphatic rings. The van der Waals surface area contributed by atoms with Gasteiger partial charge in [-0.05, 0) is 48.6 Å².